The van der Waals surface area contributed by atoms with E-state index in [9.17, 15) is 4.39 Å². The van der Waals surface area contributed by atoms with Crippen LogP contribution in [0.1, 0.15) is 5.56 Å². The maximum Gasteiger partial charge on any atom is 0.252 e. The maximum atomic E-state index is 14.3. The van der Waals surface area contributed by atoms with Gasteiger partial charge in [0, 0.05) is 51.2 Å². The van der Waals surface area contributed by atoms with Gasteiger partial charge in [-0.05, 0) is 114 Å². The van der Waals surface area contributed by atoms with Gasteiger partial charge in [0.25, 0.3) is 6.71 Å². The third-order valence-corrected chi connectivity index (χ3v) is 12.6. The molecule has 0 saturated heterocycles. The Bertz CT molecular complexity index is 2440. The molecular formula is C46H39BFN3Si. The minimum Gasteiger partial charge on any atom is -0.311 e. The number of para-hydroxylation sites is 4. The molecule has 2 aliphatic heterocycles. The average molecular weight is 692 g/mol. The minimum absolute atomic E-state index is 0.0265. The van der Waals surface area contributed by atoms with E-state index in [0.29, 0.717) is 0 Å². The first-order valence-electron chi connectivity index (χ1n) is 18.0. The summed E-state index contributed by atoms with van der Waals surface area (Å²) in [6.45, 7) is 9.47. The predicted molar refractivity (Wildman–Crippen MR) is 223 cm³/mol. The van der Waals surface area contributed by atoms with Gasteiger partial charge in [-0.15, -0.1) is 0 Å². The van der Waals surface area contributed by atoms with Crippen molar-refractivity contribution in [2.75, 3.05) is 14.7 Å². The molecule has 0 spiro atoms. The second-order valence-corrected chi connectivity index (χ2v) is 19.9. The lowest BCUT2D eigenvalue weighted by molar-refractivity contribution is 0.628. The molecule has 0 saturated carbocycles. The van der Waals surface area contributed by atoms with Crippen molar-refractivity contribution in [1.29, 1.82) is 0 Å². The molecule has 9 rings (SSSR count). The second kappa shape index (κ2) is 12.4. The van der Waals surface area contributed by atoms with Gasteiger partial charge >= 0.3 is 0 Å². The number of halogens is 1. The molecule has 7 aromatic carbocycles. The number of aryl methyl sites for hydroxylation is 1. The van der Waals surface area contributed by atoms with Gasteiger partial charge in [-0.3, -0.25) is 0 Å². The molecule has 6 heteroatoms. The van der Waals surface area contributed by atoms with Crippen LogP contribution in [-0.4, -0.2) is 14.8 Å². The smallest absolute Gasteiger partial charge is 0.252 e. The zero-order valence-corrected chi connectivity index (χ0v) is 30.9. The van der Waals surface area contributed by atoms with Crippen molar-refractivity contribution in [3.8, 4) is 0 Å². The largest absolute Gasteiger partial charge is 0.311 e. The molecule has 3 nitrogen and oxygen atoms in total. The Kier molecular flexibility index (Phi) is 7.67. The number of fused-ring (bicyclic) bond motifs is 4. The highest BCUT2D eigenvalue weighted by Crippen LogP contribution is 2.46. The molecule has 0 bridgehead atoms. The van der Waals surface area contributed by atoms with Crippen molar-refractivity contribution < 1.29 is 4.39 Å². The maximum absolute atomic E-state index is 14.3. The SMILES string of the molecule is Cc1ccccc1N(c1ccc(F)cc1)c1ccc2c(c1)N(c1ccccc1)c1cc([Si](C)(C)C)cc3c1B2c1ccccc1N3c1ccccc1. The molecular weight excluding hydrogens is 652 g/mol. The summed E-state index contributed by atoms with van der Waals surface area (Å²) in [6.07, 6.45) is 0. The van der Waals surface area contributed by atoms with Gasteiger partial charge < -0.3 is 14.7 Å². The summed E-state index contributed by atoms with van der Waals surface area (Å²) >= 11 is 0. The lowest BCUT2D eigenvalue weighted by Gasteiger charge is -2.45. The first-order valence-corrected chi connectivity index (χ1v) is 21.5. The van der Waals surface area contributed by atoms with Crippen LogP contribution in [0.2, 0.25) is 19.6 Å². The first-order chi connectivity index (χ1) is 25.3. The highest BCUT2D eigenvalue weighted by Gasteiger charge is 2.44. The highest BCUT2D eigenvalue weighted by atomic mass is 28.3. The molecule has 0 amide bonds. The van der Waals surface area contributed by atoms with Gasteiger partial charge in [-0.2, -0.15) is 0 Å². The minimum atomic E-state index is -1.80. The summed E-state index contributed by atoms with van der Waals surface area (Å²) in [7, 11) is -1.80. The van der Waals surface area contributed by atoms with Crippen LogP contribution in [0.3, 0.4) is 0 Å². The van der Waals surface area contributed by atoms with Gasteiger partial charge in [-0.1, -0.05) is 104 Å². The summed E-state index contributed by atoms with van der Waals surface area (Å²) in [5.74, 6) is -0.250. The van der Waals surface area contributed by atoms with E-state index in [0.717, 1.165) is 39.7 Å². The fraction of sp³-hybridized carbons (Fsp3) is 0.0870. The second-order valence-electron chi connectivity index (χ2n) is 14.9. The summed E-state index contributed by atoms with van der Waals surface area (Å²) in [4.78, 5) is 7.21. The molecule has 52 heavy (non-hydrogen) atoms. The van der Waals surface area contributed by atoms with Crippen LogP contribution in [0, 0.1) is 12.7 Å². The normalized spacial score (nSPS) is 13.0. The Balaban J connectivity index is 1.36. The zero-order chi connectivity index (χ0) is 35.6. The monoisotopic (exact) mass is 691 g/mol. The van der Waals surface area contributed by atoms with E-state index in [-0.39, 0.29) is 12.5 Å². The molecule has 0 atom stereocenters. The predicted octanol–water partition coefficient (Wildman–Crippen LogP) is 10.2. The Labute approximate surface area is 307 Å². The van der Waals surface area contributed by atoms with Gasteiger partial charge in [-0.25, -0.2) is 4.39 Å². The number of anilines is 9. The van der Waals surface area contributed by atoms with E-state index in [1.807, 2.05) is 12.1 Å². The molecule has 0 unspecified atom stereocenters. The van der Waals surface area contributed by atoms with Crippen molar-refractivity contribution >= 4 is 87.5 Å². The third-order valence-electron chi connectivity index (χ3n) is 10.6. The molecule has 0 aliphatic carbocycles. The Morgan fingerprint density at radius 3 is 1.69 bits per heavy atom. The van der Waals surface area contributed by atoms with E-state index >= 15 is 0 Å². The molecule has 2 heterocycles. The summed E-state index contributed by atoms with van der Waals surface area (Å²) in [5, 5.41) is 1.41. The summed E-state index contributed by atoms with van der Waals surface area (Å²) in [6, 6.07) is 57.6. The topological polar surface area (TPSA) is 9.72 Å². The quantitative estimate of drug-likeness (QED) is 0.161. The molecule has 0 fully saturated rings. The Morgan fingerprint density at radius 1 is 0.519 bits per heavy atom. The van der Waals surface area contributed by atoms with Crippen molar-refractivity contribution in [3.05, 3.63) is 175 Å². The van der Waals surface area contributed by atoms with Crippen LogP contribution in [0.5, 0.6) is 0 Å². The van der Waals surface area contributed by atoms with Crippen molar-refractivity contribution in [3.63, 3.8) is 0 Å². The standard InChI is InChI=1S/C46H39BFN3Si/c1-32-15-11-13-21-41(32)49(36-25-23-33(48)24-26-36)37-27-28-40-43(29-37)51(35-18-9-6-10-19-35)45-31-38(52(2,3)4)30-44-46(45)47(40)39-20-12-14-22-42(39)50(44)34-16-7-5-8-17-34/h5-31H,1-4H3. The first kappa shape index (κ1) is 32.1. The fourth-order valence-electron chi connectivity index (χ4n) is 8.05. The van der Waals surface area contributed by atoms with E-state index in [4.69, 9.17) is 0 Å². The number of benzene rings is 7. The lowest BCUT2D eigenvalue weighted by Crippen LogP contribution is -2.62. The van der Waals surface area contributed by atoms with Crippen LogP contribution in [0.4, 0.5) is 55.6 Å². The number of nitrogens with zero attached hydrogens (tertiary/aromatic N) is 3. The third kappa shape index (κ3) is 5.25. The molecule has 252 valence electrons. The average Bonchev–Trinajstić information content (AvgIpc) is 3.16. The molecule has 7 aromatic rings. The number of hydrogen-bond donors (Lipinski definition) is 0. The van der Waals surface area contributed by atoms with Crippen LogP contribution in [0.15, 0.2) is 164 Å². The van der Waals surface area contributed by atoms with Crippen LogP contribution >= 0.6 is 0 Å². The van der Waals surface area contributed by atoms with Gasteiger partial charge in [0.2, 0.25) is 0 Å². The molecule has 2 aliphatic rings. The van der Waals surface area contributed by atoms with Crippen LogP contribution < -0.4 is 36.3 Å². The van der Waals surface area contributed by atoms with Gasteiger partial charge in [0.1, 0.15) is 5.82 Å². The van der Waals surface area contributed by atoms with Crippen LogP contribution in [-0.2, 0) is 0 Å². The molecule has 0 radical (unpaired) electrons. The van der Waals surface area contributed by atoms with E-state index < -0.39 is 8.07 Å². The number of rotatable bonds is 6. The van der Waals surface area contributed by atoms with Crippen molar-refractivity contribution in [1.82, 2.24) is 0 Å². The molecule has 0 aromatic heterocycles. The van der Waals surface area contributed by atoms with E-state index in [1.165, 1.54) is 38.6 Å². The molecule has 0 N–H and O–H groups in total. The van der Waals surface area contributed by atoms with Gasteiger partial charge in [0.15, 0.2) is 0 Å². The van der Waals surface area contributed by atoms with E-state index in [2.05, 4.69) is 181 Å². The summed E-state index contributed by atoms with van der Waals surface area (Å²) < 4.78 is 14.3. The fourth-order valence-corrected chi connectivity index (χ4v) is 9.19. The van der Waals surface area contributed by atoms with Crippen molar-refractivity contribution in [2.45, 2.75) is 26.6 Å². The van der Waals surface area contributed by atoms with E-state index in [1.54, 1.807) is 12.1 Å². The lowest BCUT2D eigenvalue weighted by atomic mass is 9.33. The van der Waals surface area contributed by atoms with Crippen LogP contribution in [0.25, 0.3) is 0 Å². The number of hydrogen-bond acceptors (Lipinski definition) is 3. The summed E-state index contributed by atoms with van der Waals surface area (Å²) in [5.41, 5.74) is 15.1. The Morgan fingerprint density at radius 2 is 1.06 bits per heavy atom. The Hall–Kier alpha value is -5.85. The zero-order valence-electron chi connectivity index (χ0n) is 29.9. The highest BCUT2D eigenvalue weighted by molar-refractivity contribution is 7.00. The van der Waals surface area contributed by atoms with Crippen molar-refractivity contribution in [2.24, 2.45) is 0 Å². The van der Waals surface area contributed by atoms with Gasteiger partial charge in [0.05, 0.1) is 8.07 Å².